The molecule has 9 rings (SSSR count). The van der Waals surface area contributed by atoms with Crippen LogP contribution in [0.3, 0.4) is 0 Å². The molecule has 0 atom stereocenters. The summed E-state index contributed by atoms with van der Waals surface area (Å²) in [6.07, 6.45) is 0.630. The molecular formula is C96H128N8O12. The molecule has 0 heterocycles. The Morgan fingerprint density at radius 3 is 0.543 bits per heavy atom. The molecule has 20 nitrogen and oxygen atoms in total. The summed E-state index contributed by atoms with van der Waals surface area (Å²) < 4.78 is 0. The van der Waals surface area contributed by atoms with Crippen LogP contribution < -0.4 is 21.3 Å². The fraction of sp³-hybridized carbons (Fsp3) is 0.458. The van der Waals surface area contributed by atoms with Crippen molar-refractivity contribution >= 4 is 24.1 Å². The van der Waals surface area contributed by atoms with Crippen molar-refractivity contribution < 1.29 is 60.0 Å². The molecule has 8 bridgehead atoms. The van der Waals surface area contributed by atoms with Crippen molar-refractivity contribution in [2.24, 2.45) is 23.7 Å². The molecule has 0 unspecified atom stereocenters. The van der Waals surface area contributed by atoms with Crippen LogP contribution in [0.25, 0.3) is 0 Å². The number of nitrogens with one attached hydrogen (secondary N) is 4. The zero-order valence-corrected chi connectivity index (χ0v) is 72.0. The highest BCUT2D eigenvalue weighted by Gasteiger charge is 2.41. The summed E-state index contributed by atoms with van der Waals surface area (Å²) in [6.45, 7) is 36.5. The van der Waals surface area contributed by atoms with Crippen LogP contribution in [-0.2, 0) is 52.4 Å². The number of aromatic hydroxyl groups is 8. The van der Waals surface area contributed by atoms with Crippen molar-refractivity contribution in [3.8, 4) is 46.0 Å². The molecule has 8 aromatic carbocycles. The number of phenolic OH excluding ortho intramolecular Hbond substituents is 8. The summed E-state index contributed by atoms with van der Waals surface area (Å²) >= 11 is 0. The summed E-state index contributed by atoms with van der Waals surface area (Å²) in [4.78, 5) is 66.8. The fourth-order valence-electron chi connectivity index (χ4n) is 15.7. The van der Waals surface area contributed by atoms with Crippen LogP contribution in [0.1, 0.15) is 277 Å². The molecule has 1 aliphatic rings. The maximum absolute atomic E-state index is 15.2. The lowest BCUT2D eigenvalue weighted by atomic mass is 9.73. The third-order valence-electron chi connectivity index (χ3n) is 20.9. The number of hydrogen-bond acceptors (Lipinski definition) is 12. The van der Waals surface area contributed by atoms with E-state index in [1.54, 1.807) is 24.3 Å². The predicted molar refractivity (Wildman–Crippen MR) is 460 cm³/mol. The van der Waals surface area contributed by atoms with Gasteiger partial charge in [0.2, 0.25) is 0 Å². The minimum Gasteiger partial charge on any atom is -0.507 e. The minimum atomic E-state index is -1.11. The number of nitrogens with zero attached hydrogens (tertiary/aromatic N) is 4. The molecule has 0 aromatic heterocycles. The summed E-state index contributed by atoms with van der Waals surface area (Å²) in [5.74, 6) is -8.89. The molecule has 0 aliphatic heterocycles. The van der Waals surface area contributed by atoms with Crippen LogP contribution in [0.2, 0.25) is 0 Å². The van der Waals surface area contributed by atoms with E-state index >= 15 is 19.2 Å². The van der Waals surface area contributed by atoms with Crippen LogP contribution >= 0.6 is 0 Å². The van der Waals surface area contributed by atoms with Gasteiger partial charge in [0.05, 0.1) is 48.4 Å². The van der Waals surface area contributed by atoms with Crippen LogP contribution in [0.15, 0.2) is 146 Å². The van der Waals surface area contributed by atoms with Crippen molar-refractivity contribution in [3.63, 3.8) is 0 Å². The van der Waals surface area contributed by atoms with Crippen LogP contribution in [0.4, 0.5) is 19.2 Å². The minimum absolute atomic E-state index is 0.00126. The number of fused-ring (bicyclic) bond motifs is 8. The molecule has 12 N–H and O–H groups in total. The van der Waals surface area contributed by atoms with Gasteiger partial charge < -0.3 is 81.7 Å². The average molecular weight is 1590 g/mol. The highest BCUT2D eigenvalue weighted by Crippen LogP contribution is 2.57. The summed E-state index contributed by atoms with van der Waals surface area (Å²) in [7, 11) is 0. The van der Waals surface area contributed by atoms with E-state index in [-0.39, 0.29) is 142 Å². The first-order valence-corrected chi connectivity index (χ1v) is 41.0. The number of phenols is 8. The van der Waals surface area contributed by atoms with Crippen LogP contribution in [0, 0.1) is 23.7 Å². The maximum Gasteiger partial charge on any atom is 0.318 e. The molecule has 8 amide bonds. The molecule has 0 saturated carbocycles. The van der Waals surface area contributed by atoms with E-state index in [9.17, 15) is 40.9 Å². The van der Waals surface area contributed by atoms with Crippen molar-refractivity contribution in [2.75, 3.05) is 0 Å². The van der Waals surface area contributed by atoms with E-state index in [1.165, 1.54) is 19.6 Å². The monoisotopic (exact) mass is 1580 g/mol. The molecule has 624 valence electrons. The van der Waals surface area contributed by atoms with Gasteiger partial charge in [-0.25, -0.2) is 19.2 Å². The Morgan fingerprint density at radius 1 is 0.267 bits per heavy atom. The molecule has 8 aromatic rings. The van der Waals surface area contributed by atoms with Gasteiger partial charge in [0.25, 0.3) is 0 Å². The number of hydrogen-bond donors (Lipinski definition) is 12. The van der Waals surface area contributed by atoms with Gasteiger partial charge >= 0.3 is 24.1 Å². The van der Waals surface area contributed by atoms with Crippen molar-refractivity contribution in [2.45, 2.75) is 262 Å². The second kappa shape index (κ2) is 37.0. The van der Waals surface area contributed by atoms with Gasteiger partial charge in [-0.05, 0) is 179 Å². The lowest BCUT2D eigenvalue weighted by Crippen LogP contribution is -2.48. The molecule has 1 aliphatic carbocycles. The predicted octanol–water partition coefficient (Wildman–Crippen LogP) is 20.4. The van der Waals surface area contributed by atoms with Gasteiger partial charge in [-0.3, -0.25) is 0 Å². The Kier molecular flexibility index (Phi) is 28.5. The summed E-state index contributed by atoms with van der Waals surface area (Å²) in [5, 5.41) is 124. The third kappa shape index (κ3) is 22.9. The zero-order valence-electron chi connectivity index (χ0n) is 72.0. The molecule has 0 radical (unpaired) electrons. The van der Waals surface area contributed by atoms with Gasteiger partial charge in [-0.2, -0.15) is 0 Å². The Labute approximate surface area is 688 Å². The lowest BCUT2D eigenvalue weighted by molar-refractivity contribution is 0.181. The van der Waals surface area contributed by atoms with Gasteiger partial charge in [0, 0.05) is 117 Å². The van der Waals surface area contributed by atoms with E-state index in [4.69, 9.17) is 0 Å². The van der Waals surface area contributed by atoms with Crippen molar-refractivity contribution in [1.82, 2.24) is 40.9 Å². The number of carbonyl (C=O) groups is 4. The van der Waals surface area contributed by atoms with Crippen LogP contribution in [-0.4, -0.2) is 107 Å². The number of amides is 8. The van der Waals surface area contributed by atoms with E-state index in [2.05, 4.69) is 21.3 Å². The first kappa shape index (κ1) is 89.2. The number of rotatable bonds is 24. The van der Waals surface area contributed by atoms with E-state index < -0.39 is 142 Å². The summed E-state index contributed by atoms with van der Waals surface area (Å²) in [5.41, 5.74) is 0.945. The third-order valence-corrected chi connectivity index (χ3v) is 20.9. The largest absolute Gasteiger partial charge is 0.507 e. The Morgan fingerprint density at radius 2 is 0.414 bits per heavy atom. The first-order chi connectivity index (χ1) is 54.3. The van der Waals surface area contributed by atoms with E-state index in [1.807, 2.05) is 260 Å². The lowest BCUT2D eigenvalue weighted by Gasteiger charge is -2.35. The van der Waals surface area contributed by atoms with E-state index in [0.29, 0.717) is 0 Å². The molecular weight excluding hydrogens is 1460 g/mol. The standard InChI is InChI=1S/C96H128N8O12/c1-57(2)41-65-69-45-71(83(107)77(81(69)105)53-101(89(113)97-93(9,10)11)49-61-33-25-21-26-34-61)66(42-58(3)4)73-47-75(87(111)79(85(73)109)55-103(91(115)99-95(15,16)17)51-63-37-29-23-30-38-63)68(44-60(7)8)76-48-74(86(110)80(88(76)112)56-104(92(116)100-96(18,19)20)52-64-39-31-24-32-40-64)67(43-59(5)6)72-46-70(65)82(106)78(84(72)108)54-102(90(114)98-94(12,13)14)50-62-35-27-22-28-36-62/h21-40,45-48,57-60,65-68,105-112H,41-44,49-56H2,1-20H3,(H,97,113)(H,98,114)(H,99,115)(H,100,116). The fourth-order valence-corrected chi connectivity index (χ4v) is 15.7. The number of benzene rings is 8. The molecule has 0 spiro atoms. The quantitative estimate of drug-likeness (QED) is 0.0269. The second-order valence-corrected chi connectivity index (χ2v) is 37.7. The van der Waals surface area contributed by atoms with Gasteiger partial charge in [-0.1, -0.05) is 177 Å². The smallest absolute Gasteiger partial charge is 0.318 e. The normalized spacial score (nSPS) is 15.2. The van der Waals surface area contributed by atoms with Crippen LogP contribution in [0.5, 0.6) is 46.0 Å². The molecule has 20 heteroatoms. The first-order valence-electron chi connectivity index (χ1n) is 41.0. The zero-order chi connectivity index (χ0) is 85.4. The Hall–Kier alpha value is -10.8. The molecule has 0 fully saturated rings. The summed E-state index contributed by atoms with van der Waals surface area (Å²) in [6, 6.07) is 42.0. The molecule has 116 heavy (non-hydrogen) atoms. The highest BCUT2D eigenvalue weighted by molar-refractivity contribution is 5.79. The average Bonchev–Trinajstić information content (AvgIpc) is 0.733. The van der Waals surface area contributed by atoms with Gasteiger partial charge in [-0.15, -0.1) is 0 Å². The number of carbonyl (C=O) groups excluding carboxylic acids is 4. The topological polar surface area (TPSA) is 291 Å². The highest BCUT2D eigenvalue weighted by atomic mass is 16.3. The SMILES string of the molecule is CC(C)CC1c2cc(c(O)c(CN(Cc3ccccc3)C(=O)NC(C)(C)C)c2O)C(CC(C)C)c2cc(c(O)c(CN(Cc3ccccc3)C(=O)NC(C)(C)C)c2O)C(CC(C)C)c2cc(c(O)c(CN(Cc3ccccc3)C(=O)NC(C)(C)C)c2O)C(CC(C)C)c2cc1c(O)c(CN(Cc1ccccc1)C(=O)NC(C)(C)C)c2O. The Balaban J connectivity index is 1.55. The number of urea groups is 4. The van der Waals surface area contributed by atoms with Crippen molar-refractivity contribution in [3.05, 3.63) is 235 Å². The Bertz CT molecular complexity index is 4020. The van der Waals surface area contributed by atoms with E-state index in [0.717, 1.165) is 22.3 Å². The van der Waals surface area contributed by atoms with Gasteiger partial charge in [0.15, 0.2) is 0 Å². The van der Waals surface area contributed by atoms with Crippen molar-refractivity contribution in [1.29, 1.82) is 0 Å². The second-order valence-electron chi connectivity index (χ2n) is 37.7. The van der Waals surface area contributed by atoms with Gasteiger partial charge in [0.1, 0.15) is 46.0 Å². The molecule has 0 saturated heterocycles. The maximum atomic E-state index is 15.2.